The second-order valence-electron chi connectivity index (χ2n) is 5.51. The van der Waals surface area contributed by atoms with Crippen molar-refractivity contribution in [1.29, 1.82) is 0 Å². The Kier molecular flexibility index (Phi) is 6.69. The molecule has 0 aliphatic carbocycles. The quantitative estimate of drug-likeness (QED) is 0.421. The largest absolute Gasteiger partial charge is 0.486 e. The smallest absolute Gasteiger partial charge is 0.357 e. The van der Waals surface area contributed by atoms with Crippen molar-refractivity contribution < 1.29 is 28.2 Å². The summed E-state index contributed by atoms with van der Waals surface area (Å²) in [6, 6.07) is 14.1. The Balaban J connectivity index is 1.40. The number of nitrogens with zero attached hydrogens (tertiary/aromatic N) is 1. The monoisotopic (exact) mass is 401 g/mol. The lowest BCUT2D eigenvalue weighted by molar-refractivity contribution is 0.0262. The summed E-state index contributed by atoms with van der Waals surface area (Å²) in [5.41, 5.74) is 0.580. The third-order valence-electron chi connectivity index (χ3n) is 3.50. The first-order valence-electron chi connectivity index (χ1n) is 8.34. The van der Waals surface area contributed by atoms with Crippen LogP contribution in [0, 0.1) is 5.82 Å². The molecule has 28 heavy (non-hydrogen) atoms. The van der Waals surface area contributed by atoms with E-state index in [0.29, 0.717) is 16.3 Å². The fraction of sp³-hybridized carbons (Fsp3) is 0.150. The van der Waals surface area contributed by atoms with Crippen molar-refractivity contribution in [2.24, 2.45) is 0 Å². The van der Waals surface area contributed by atoms with Gasteiger partial charge in [0.05, 0.1) is 5.56 Å². The Labute approximate surface area is 164 Å². The summed E-state index contributed by atoms with van der Waals surface area (Å²) in [5, 5.41) is 2.13. The molecule has 0 saturated heterocycles. The lowest BCUT2D eigenvalue weighted by Gasteiger charge is -2.05. The number of halogens is 1. The number of aromatic nitrogens is 1. The highest BCUT2D eigenvalue weighted by Crippen LogP contribution is 2.16. The van der Waals surface area contributed by atoms with E-state index in [9.17, 15) is 14.0 Å². The van der Waals surface area contributed by atoms with Gasteiger partial charge in [0.25, 0.3) is 0 Å². The van der Waals surface area contributed by atoms with Gasteiger partial charge in [0.15, 0.2) is 5.69 Å². The van der Waals surface area contributed by atoms with Crippen LogP contribution < -0.4 is 4.74 Å². The van der Waals surface area contributed by atoms with Crippen LogP contribution in [0.15, 0.2) is 60.0 Å². The Morgan fingerprint density at radius 3 is 2.32 bits per heavy atom. The summed E-state index contributed by atoms with van der Waals surface area (Å²) in [4.78, 5) is 27.9. The fourth-order valence-corrected chi connectivity index (χ4v) is 2.82. The SMILES string of the molecule is O=C(OCCOC(=O)c1csc(COc2ccc(F)cc2)n1)c1ccccc1. The molecule has 6 nitrogen and oxygen atoms in total. The van der Waals surface area contributed by atoms with Crippen molar-refractivity contribution >= 4 is 23.3 Å². The van der Waals surface area contributed by atoms with E-state index in [0.717, 1.165) is 0 Å². The number of carbonyl (C=O) groups excluding carboxylic acids is 2. The molecule has 0 aliphatic rings. The van der Waals surface area contributed by atoms with Gasteiger partial charge in [0, 0.05) is 5.38 Å². The lowest BCUT2D eigenvalue weighted by atomic mass is 10.2. The van der Waals surface area contributed by atoms with Gasteiger partial charge < -0.3 is 14.2 Å². The molecule has 0 aliphatic heterocycles. The van der Waals surface area contributed by atoms with Gasteiger partial charge in [-0.25, -0.2) is 19.0 Å². The van der Waals surface area contributed by atoms with Gasteiger partial charge in [-0.3, -0.25) is 0 Å². The molecule has 0 bridgehead atoms. The molecular weight excluding hydrogens is 385 g/mol. The van der Waals surface area contributed by atoms with Gasteiger partial charge in [0.1, 0.15) is 36.4 Å². The molecule has 3 aromatic rings. The van der Waals surface area contributed by atoms with Crippen LogP contribution in [0.25, 0.3) is 0 Å². The molecule has 0 spiro atoms. The molecule has 0 atom stereocenters. The summed E-state index contributed by atoms with van der Waals surface area (Å²) >= 11 is 1.25. The van der Waals surface area contributed by atoms with Crippen LogP contribution in [0.5, 0.6) is 5.75 Å². The van der Waals surface area contributed by atoms with Gasteiger partial charge in [-0.15, -0.1) is 11.3 Å². The molecule has 0 radical (unpaired) electrons. The topological polar surface area (TPSA) is 74.7 Å². The van der Waals surface area contributed by atoms with Crippen LogP contribution in [0.3, 0.4) is 0 Å². The van der Waals surface area contributed by atoms with E-state index in [4.69, 9.17) is 14.2 Å². The van der Waals surface area contributed by atoms with Crippen LogP contribution in [0.2, 0.25) is 0 Å². The van der Waals surface area contributed by atoms with Crippen molar-refractivity contribution in [1.82, 2.24) is 4.98 Å². The average Bonchev–Trinajstić information content (AvgIpc) is 3.20. The summed E-state index contributed by atoms with van der Waals surface area (Å²) in [6.07, 6.45) is 0. The summed E-state index contributed by atoms with van der Waals surface area (Å²) < 4.78 is 28.4. The van der Waals surface area contributed by atoms with Crippen molar-refractivity contribution in [2.45, 2.75) is 6.61 Å². The maximum atomic E-state index is 12.9. The minimum Gasteiger partial charge on any atom is -0.486 e. The minimum atomic E-state index is -0.611. The Morgan fingerprint density at radius 2 is 1.61 bits per heavy atom. The molecule has 3 rings (SSSR count). The van der Waals surface area contributed by atoms with E-state index in [1.807, 2.05) is 0 Å². The number of ether oxygens (including phenoxy) is 3. The van der Waals surface area contributed by atoms with E-state index in [-0.39, 0.29) is 31.3 Å². The summed E-state index contributed by atoms with van der Waals surface area (Å²) in [5.74, 6) is -0.937. The van der Waals surface area contributed by atoms with Crippen LogP contribution in [0.4, 0.5) is 4.39 Å². The Morgan fingerprint density at radius 1 is 0.929 bits per heavy atom. The molecule has 0 fully saturated rings. The van der Waals surface area contributed by atoms with Crippen molar-refractivity contribution in [3.8, 4) is 5.75 Å². The fourth-order valence-electron chi connectivity index (χ4n) is 2.15. The number of benzene rings is 2. The standard InChI is InChI=1S/C20H16FNO5S/c21-15-6-8-16(9-7-15)27-12-18-22-17(13-28-18)20(24)26-11-10-25-19(23)14-4-2-1-3-5-14/h1-9,13H,10-12H2. The van der Waals surface area contributed by atoms with Crippen molar-refractivity contribution in [3.63, 3.8) is 0 Å². The maximum Gasteiger partial charge on any atom is 0.357 e. The van der Waals surface area contributed by atoms with Gasteiger partial charge in [0.2, 0.25) is 0 Å². The average molecular weight is 401 g/mol. The van der Waals surface area contributed by atoms with Gasteiger partial charge in [-0.1, -0.05) is 18.2 Å². The molecule has 144 valence electrons. The molecule has 0 amide bonds. The van der Waals surface area contributed by atoms with E-state index < -0.39 is 11.9 Å². The lowest BCUT2D eigenvalue weighted by Crippen LogP contribution is -2.14. The van der Waals surface area contributed by atoms with E-state index >= 15 is 0 Å². The number of thiazole rings is 1. The van der Waals surface area contributed by atoms with Gasteiger partial charge >= 0.3 is 11.9 Å². The number of hydrogen-bond donors (Lipinski definition) is 0. The molecule has 0 N–H and O–H groups in total. The Bertz CT molecular complexity index is 927. The van der Waals surface area contributed by atoms with Crippen LogP contribution in [0.1, 0.15) is 25.9 Å². The normalized spacial score (nSPS) is 10.3. The summed E-state index contributed by atoms with van der Waals surface area (Å²) in [6.45, 7) is 0.0265. The van der Waals surface area contributed by atoms with Crippen LogP contribution >= 0.6 is 11.3 Å². The third kappa shape index (κ3) is 5.62. The second-order valence-corrected chi connectivity index (χ2v) is 6.45. The van der Waals surface area contributed by atoms with Gasteiger partial charge in [-0.2, -0.15) is 0 Å². The highest BCUT2D eigenvalue weighted by molar-refractivity contribution is 7.09. The first kappa shape index (κ1) is 19.5. The highest BCUT2D eigenvalue weighted by atomic mass is 32.1. The maximum absolute atomic E-state index is 12.9. The van der Waals surface area contributed by atoms with Crippen molar-refractivity contribution in [3.05, 3.63) is 82.1 Å². The second kappa shape index (κ2) is 9.61. The molecule has 1 heterocycles. The minimum absolute atomic E-state index is 0.0514. The summed E-state index contributed by atoms with van der Waals surface area (Å²) in [7, 11) is 0. The number of carbonyl (C=O) groups is 2. The van der Waals surface area contributed by atoms with Crippen molar-refractivity contribution in [2.75, 3.05) is 13.2 Å². The first-order valence-corrected chi connectivity index (χ1v) is 9.22. The molecule has 0 unspecified atom stereocenters. The van der Waals surface area contributed by atoms with Crippen LogP contribution in [-0.2, 0) is 16.1 Å². The number of esters is 2. The first-order chi connectivity index (χ1) is 13.6. The zero-order valence-corrected chi connectivity index (χ0v) is 15.5. The predicted octanol–water partition coefficient (Wildman–Crippen LogP) is 3.88. The number of hydrogen-bond acceptors (Lipinski definition) is 7. The third-order valence-corrected chi connectivity index (χ3v) is 4.32. The molecular formula is C20H16FNO5S. The zero-order valence-electron chi connectivity index (χ0n) is 14.7. The van der Waals surface area contributed by atoms with E-state index in [1.165, 1.54) is 35.6 Å². The molecule has 1 aromatic heterocycles. The molecule has 2 aromatic carbocycles. The zero-order chi connectivity index (χ0) is 19.8. The predicted molar refractivity (Wildman–Crippen MR) is 99.9 cm³/mol. The Hall–Kier alpha value is -3.26. The van der Waals surface area contributed by atoms with Gasteiger partial charge in [-0.05, 0) is 36.4 Å². The molecule has 8 heteroatoms. The van der Waals surface area contributed by atoms with Crippen LogP contribution in [-0.4, -0.2) is 30.1 Å². The van der Waals surface area contributed by atoms with E-state index in [1.54, 1.807) is 35.7 Å². The van der Waals surface area contributed by atoms with E-state index in [2.05, 4.69) is 4.98 Å². The number of rotatable bonds is 8. The molecule has 0 saturated carbocycles. The highest BCUT2D eigenvalue weighted by Gasteiger charge is 2.13.